The number of nitrogens with one attached hydrogen (secondary N) is 1. The van der Waals surface area contributed by atoms with Crippen LogP contribution in [0.3, 0.4) is 0 Å². The summed E-state index contributed by atoms with van der Waals surface area (Å²) in [5.41, 5.74) is 5.66. The van der Waals surface area contributed by atoms with Crippen molar-refractivity contribution >= 4 is 11.7 Å². The highest BCUT2D eigenvalue weighted by atomic mass is 16.5. The second-order valence-electron chi connectivity index (χ2n) is 4.80. The van der Waals surface area contributed by atoms with Gasteiger partial charge in [-0.05, 0) is 30.3 Å². The van der Waals surface area contributed by atoms with E-state index in [4.69, 9.17) is 15.2 Å². The Kier molecular flexibility index (Phi) is 3.79. The van der Waals surface area contributed by atoms with Crippen molar-refractivity contribution in [2.45, 2.75) is 0 Å². The topological polar surface area (TPSA) is 80.6 Å². The van der Waals surface area contributed by atoms with Gasteiger partial charge in [0, 0.05) is 24.7 Å². The number of aromatic nitrogens is 1. The number of benzene rings is 1. The summed E-state index contributed by atoms with van der Waals surface area (Å²) in [5, 5.41) is 0. The van der Waals surface area contributed by atoms with Gasteiger partial charge in [0.25, 0.3) is 0 Å². The van der Waals surface area contributed by atoms with E-state index in [1.807, 2.05) is 12.1 Å². The number of amides is 1. The molecule has 1 aliphatic rings. The van der Waals surface area contributed by atoms with E-state index in [2.05, 4.69) is 9.88 Å². The summed E-state index contributed by atoms with van der Waals surface area (Å²) in [6, 6.07) is 10.6. The Hall–Kier alpha value is -2.47. The molecule has 6 nitrogen and oxygen atoms in total. The normalized spacial score (nSPS) is 15.0. The minimum Gasteiger partial charge on any atom is -0.441 e. The Morgan fingerprint density at radius 2 is 1.86 bits per heavy atom. The minimum atomic E-state index is -0.448. The number of hydrogen-bond acceptors (Lipinski definition) is 4. The van der Waals surface area contributed by atoms with Crippen molar-refractivity contribution in [3.05, 3.63) is 42.0 Å². The third-order valence-electron chi connectivity index (χ3n) is 3.36. The van der Waals surface area contributed by atoms with Crippen molar-refractivity contribution in [2.75, 3.05) is 31.2 Å². The van der Waals surface area contributed by atoms with Crippen molar-refractivity contribution in [3.63, 3.8) is 0 Å². The van der Waals surface area contributed by atoms with Crippen LogP contribution in [0.4, 0.5) is 5.82 Å². The SMILES string of the molecule is NC(=O)c1ccc(Oc2ccc(N3CCOCC3)[nH]2)cc1. The lowest BCUT2D eigenvalue weighted by Crippen LogP contribution is -2.36. The van der Waals surface area contributed by atoms with Gasteiger partial charge in [-0.1, -0.05) is 0 Å². The zero-order chi connectivity index (χ0) is 14.7. The van der Waals surface area contributed by atoms with Gasteiger partial charge in [0.2, 0.25) is 5.91 Å². The van der Waals surface area contributed by atoms with Crippen molar-refractivity contribution in [2.24, 2.45) is 5.73 Å². The van der Waals surface area contributed by atoms with Crippen molar-refractivity contribution in [3.8, 4) is 11.6 Å². The summed E-state index contributed by atoms with van der Waals surface area (Å²) in [6.45, 7) is 3.22. The monoisotopic (exact) mass is 287 g/mol. The Morgan fingerprint density at radius 1 is 1.14 bits per heavy atom. The molecule has 1 fully saturated rings. The van der Waals surface area contributed by atoms with Gasteiger partial charge < -0.3 is 25.1 Å². The summed E-state index contributed by atoms with van der Waals surface area (Å²) in [6.07, 6.45) is 0. The van der Waals surface area contributed by atoms with Crippen LogP contribution in [-0.2, 0) is 4.74 Å². The van der Waals surface area contributed by atoms with Crippen LogP contribution in [0.15, 0.2) is 36.4 Å². The molecule has 0 saturated carbocycles. The van der Waals surface area contributed by atoms with Crippen LogP contribution in [0, 0.1) is 0 Å². The predicted octanol–water partition coefficient (Wildman–Crippen LogP) is 1.74. The van der Waals surface area contributed by atoms with Gasteiger partial charge >= 0.3 is 0 Å². The van der Waals surface area contributed by atoms with E-state index >= 15 is 0 Å². The standard InChI is InChI=1S/C15H17N3O3/c16-15(19)11-1-3-12(4-2-11)21-14-6-5-13(17-14)18-7-9-20-10-8-18/h1-6,17H,7-10H2,(H2,16,19). The number of nitrogens with zero attached hydrogens (tertiary/aromatic N) is 1. The molecule has 0 spiro atoms. The molecule has 3 N–H and O–H groups in total. The second-order valence-corrected chi connectivity index (χ2v) is 4.80. The summed E-state index contributed by atoms with van der Waals surface area (Å²) in [7, 11) is 0. The lowest BCUT2D eigenvalue weighted by molar-refractivity contribution is 0.100. The number of carbonyl (C=O) groups excluding carboxylic acids is 1. The summed E-state index contributed by atoms with van der Waals surface area (Å²) in [4.78, 5) is 16.4. The molecule has 1 aromatic heterocycles. The van der Waals surface area contributed by atoms with E-state index in [9.17, 15) is 4.79 Å². The van der Waals surface area contributed by atoms with Crippen molar-refractivity contribution < 1.29 is 14.3 Å². The second kappa shape index (κ2) is 5.88. The number of rotatable bonds is 4. The predicted molar refractivity (Wildman–Crippen MR) is 78.9 cm³/mol. The molecule has 0 radical (unpaired) electrons. The van der Waals surface area contributed by atoms with Gasteiger partial charge in [-0.2, -0.15) is 0 Å². The van der Waals surface area contributed by atoms with E-state index in [-0.39, 0.29) is 0 Å². The molecule has 21 heavy (non-hydrogen) atoms. The summed E-state index contributed by atoms with van der Waals surface area (Å²) in [5.74, 6) is 1.87. The average molecular weight is 287 g/mol. The van der Waals surface area contributed by atoms with E-state index < -0.39 is 5.91 Å². The third kappa shape index (κ3) is 3.17. The largest absolute Gasteiger partial charge is 0.441 e. The highest BCUT2D eigenvalue weighted by molar-refractivity contribution is 5.92. The van der Waals surface area contributed by atoms with Gasteiger partial charge in [-0.3, -0.25) is 4.79 Å². The molecule has 2 heterocycles. The Balaban J connectivity index is 1.67. The van der Waals surface area contributed by atoms with Crippen LogP contribution in [0.5, 0.6) is 11.6 Å². The summed E-state index contributed by atoms with van der Waals surface area (Å²) >= 11 is 0. The smallest absolute Gasteiger partial charge is 0.248 e. The number of primary amides is 1. The minimum absolute atomic E-state index is 0.448. The molecule has 1 saturated heterocycles. The maximum Gasteiger partial charge on any atom is 0.248 e. The Morgan fingerprint density at radius 3 is 2.52 bits per heavy atom. The van der Waals surface area contributed by atoms with Crippen LogP contribution in [-0.4, -0.2) is 37.2 Å². The van der Waals surface area contributed by atoms with Gasteiger partial charge in [-0.25, -0.2) is 0 Å². The van der Waals surface area contributed by atoms with Crippen LogP contribution in [0.2, 0.25) is 0 Å². The molecule has 1 aromatic carbocycles. The van der Waals surface area contributed by atoms with Crippen molar-refractivity contribution in [1.82, 2.24) is 4.98 Å². The fraction of sp³-hybridized carbons (Fsp3) is 0.267. The van der Waals surface area contributed by atoms with Crippen LogP contribution >= 0.6 is 0 Å². The number of morpholine rings is 1. The van der Waals surface area contributed by atoms with Crippen LogP contribution < -0.4 is 15.4 Å². The number of nitrogens with two attached hydrogens (primary N) is 1. The molecule has 2 aromatic rings. The molecule has 0 unspecified atom stereocenters. The molecular formula is C15H17N3O3. The lowest BCUT2D eigenvalue weighted by Gasteiger charge is -2.27. The van der Waals surface area contributed by atoms with Gasteiger partial charge in [0.15, 0.2) is 5.88 Å². The highest BCUT2D eigenvalue weighted by Gasteiger charge is 2.13. The van der Waals surface area contributed by atoms with Crippen molar-refractivity contribution in [1.29, 1.82) is 0 Å². The highest BCUT2D eigenvalue weighted by Crippen LogP contribution is 2.24. The number of ether oxygens (including phenoxy) is 2. The fourth-order valence-electron chi connectivity index (χ4n) is 2.23. The van der Waals surface area contributed by atoms with E-state index in [1.54, 1.807) is 24.3 Å². The molecule has 0 atom stereocenters. The number of hydrogen-bond donors (Lipinski definition) is 2. The van der Waals surface area contributed by atoms with E-state index in [1.165, 1.54) is 0 Å². The lowest BCUT2D eigenvalue weighted by atomic mass is 10.2. The number of H-pyrrole nitrogens is 1. The maximum atomic E-state index is 11.0. The molecule has 110 valence electrons. The van der Waals surface area contributed by atoms with E-state index in [0.717, 1.165) is 32.1 Å². The third-order valence-corrected chi connectivity index (χ3v) is 3.36. The first-order valence-electron chi connectivity index (χ1n) is 6.82. The van der Waals surface area contributed by atoms with Crippen LogP contribution in [0.1, 0.15) is 10.4 Å². The van der Waals surface area contributed by atoms with Gasteiger partial charge in [0.05, 0.1) is 13.2 Å². The molecule has 0 aliphatic carbocycles. The molecular weight excluding hydrogens is 270 g/mol. The zero-order valence-corrected chi connectivity index (χ0v) is 11.5. The Labute approximate surface area is 122 Å². The molecule has 3 rings (SSSR count). The van der Waals surface area contributed by atoms with Gasteiger partial charge in [-0.15, -0.1) is 0 Å². The van der Waals surface area contributed by atoms with Crippen LogP contribution in [0.25, 0.3) is 0 Å². The first-order chi connectivity index (χ1) is 10.2. The number of carbonyl (C=O) groups is 1. The first-order valence-corrected chi connectivity index (χ1v) is 6.82. The molecule has 0 bridgehead atoms. The van der Waals surface area contributed by atoms with Gasteiger partial charge in [0.1, 0.15) is 11.6 Å². The first kappa shape index (κ1) is 13.5. The summed E-state index contributed by atoms with van der Waals surface area (Å²) < 4.78 is 11.0. The molecule has 1 amide bonds. The molecule has 1 aliphatic heterocycles. The number of aromatic amines is 1. The molecule has 6 heteroatoms. The Bertz CT molecular complexity index is 615. The zero-order valence-electron chi connectivity index (χ0n) is 11.5. The maximum absolute atomic E-state index is 11.0. The quantitative estimate of drug-likeness (QED) is 0.897. The fourth-order valence-corrected chi connectivity index (χ4v) is 2.23. The van der Waals surface area contributed by atoms with E-state index in [0.29, 0.717) is 17.2 Å². The number of anilines is 1. The average Bonchev–Trinajstić information content (AvgIpc) is 2.97.